The van der Waals surface area contributed by atoms with Gasteiger partial charge in [-0.1, -0.05) is 38.0 Å². The zero-order chi connectivity index (χ0) is 17.1. The highest BCUT2D eigenvalue weighted by Gasteiger charge is 2.28. The maximum absolute atomic E-state index is 11.8. The molecular formula is C18H26O5. The van der Waals surface area contributed by atoms with Gasteiger partial charge in [0, 0.05) is 0 Å². The van der Waals surface area contributed by atoms with Gasteiger partial charge in [-0.2, -0.15) is 0 Å². The maximum Gasteiger partial charge on any atom is 0.320 e. The second-order valence-corrected chi connectivity index (χ2v) is 5.56. The van der Waals surface area contributed by atoms with Crippen LogP contribution in [0.5, 0.6) is 5.75 Å². The summed E-state index contributed by atoms with van der Waals surface area (Å²) in [5.74, 6) is -1.99. The number of ether oxygens (including phenoxy) is 2. The number of hydrogen-bond donors (Lipinski definition) is 1. The molecule has 5 nitrogen and oxygen atoms in total. The summed E-state index contributed by atoms with van der Waals surface area (Å²) >= 11 is 0. The minimum atomic E-state index is -1.11. The molecule has 0 heterocycles. The Balaban J connectivity index is 2.22. The molecular weight excluding hydrogens is 296 g/mol. The molecule has 1 rings (SSSR count). The molecule has 0 aromatic heterocycles. The van der Waals surface area contributed by atoms with Crippen molar-refractivity contribution in [1.82, 2.24) is 0 Å². The van der Waals surface area contributed by atoms with Crippen molar-refractivity contribution in [1.29, 1.82) is 0 Å². The number of hydrogen-bond acceptors (Lipinski definition) is 4. The Kier molecular flexibility index (Phi) is 8.80. The molecule has 0 aliphatic rings. The predicted molar refractivity (Wildman–Crippen MR) is 87.4 cm³/mol. The average molecular weight is 322 g/mol. The Morgan fingerprint density at radius 1 is 1.13 bits per heavy atom. The summed E-state index contributed by atoms with van der Waals surface area (Å²) in [5, 5.41) is 9.16. The number of rotatable bonds is 11. The van der Waals surface area contributed by atoms with Crippen LogP contribution in [-0.2, 0) is 14.3 Å². The van der Waals surface area contributed by atoms with Gasteiger partial charge in [0.05, 0.1) is 12.7 Å². The van der Waals surface area contributed by atoms with Gasteiger partial charge >= 0.3 is 11.9 Å². The summed E-state index contributed by atoms with van der Waals surface area (Å²) in [6.45, 7) is 4.23. The summed E-state index contributed by atoms with van der Waals surface area (Å²) in [5.41, 5.74) is 0. The summed E-state index contributed by atoms with van der Waals surface area (Å²) in [6.07, 6.45) is 3.02. The number of esters is 1. The minimum Gasteiger partial charge on any atom is -0.494 e. The molecule has 0 radical (unpaired) electrons. The van der Waals surface area contributed by atoms with Gasteiger partial charge in [0.15, 0.2) is 5.92 Å². The van der Waals surface area contributed by atoms with Crippen LogP contribution in [-0.4, -0.2) is 29.8 Å². The summed E-state index contributed by atoms with van der Waals surface area (Å²) in [7, 11) is 0. The fraction of sp³-hybridized carbons (Fsp3) is 0.556. The van der Waals surface area contributed by atoms with Crippen molar-refractivity contribution in [3.63, 3.8) is 0 Å². The number of benzene rings is 1. The van der Waals surface area contributed by atoms with Gasteiger partial charge < -0.3 is 14.6 Å². The van der Waals surface area contributed by atoms with Crippen molar-refractivity contribution < 1.29 is 24.2 Å². The first-order valence-corrected chi connectivity index (χ1v) is 8.15. The molecule has 0 spiro atoms. The van der Waals surface area contributed by atoms with Crippen molar-refractivity contribution in [2.45, 2.75) is 52.1 Å². The molecule has 5 heteroatoms. The van der Waals surface area contributed by atoms with Gasteiger partial charge in [0.2, 0.25) is 0 Å². The van der Waals surface area contributed by atoms with Crippen molar-refractivity contribution in [3.8, 4) is 5.75 Å². The van der Waals surface area contributed by atoms with E-state index in [1.165, 1.54) is 0 Å². The quantitative estimate of drug-likeness (QED) is 0.382. The number of carboxylic acids is 1. The lowest BCUT2D eigenvalue weighted by molar-refractivity contribution is -0.162. The smallest absolute Gasteiger partial charge is 0.320 e. The third-order valence-electron chi connectivity index (χ3n) is 3.62. The monoisotopic (exact) mass is 322 g/mol. The van der Waals surface area contributed by atoms with Crippen molar-refractivity contribution in [3.05, 3.63) is 30.3 Å². The minimum absolute atomic E-state index is 0.247. The second-order valence-electron chi connectivity index (χ2n) is 5.56. The van der Waals surface area contributed by atoms with Crippen molar-refractivity contribution in [2.24, 2.45) is 5.92 Å². The summed E-state index contributed by atoms with van der Waals surface area (Å²) in [6, 6.07) is 9.54. The first-order chi connectivity index (χ1) is 11.0. The fourth-order valence-corrected chi connectivity index (χ4v) is 2.04. The molecule has 0 saturated heterocycles. The van der Waals surface area contributed by atoms with E-state index in [0.29, 0.717) is 25.9 Å². The first-order valence-electron chi connectivity index (χ1n) is 8.15. The molecule has 0 amide bonds. The number of carbonyl (C=O) groups excluding carboxylic acids is 1. The van der Waals surface area contributed by atoms with E-state index in [1.807, 2.05) is 37.3 Å². The van der Waals surface area contributed by atoms with Gasteiger partial charge in [-0.05, 0) is 38.3 Å². The molecule has 1 aromatic carbocycles. The molecule has 0 aliphatic heterocycles. The SMILES string of the molecule is CCC(C)OC(=O)C(CCCCCOc1ccccc1)C(=O)O. The number of carbonyl (C=O) groups is 2. The predicted octanol–water partition coefficient (Wildman–Crippen LogP) is 3.67. The first kappa shape index (κ1) is 19.0. The van der Waals surface area contributed by atoms with Crippen molar-refractivity contribution in [2.75, 3.05) is 6.61 Å². The highest BCUT2D eigenvalue weighted by Crippen LogP contribution is 2.15. The number of para-hydroxylation sites is 1. The van der Waals surface area contributed by atoms with Crippen LogP contribution < -0.4 is 4.74 Å². The second kappa shape index (κ2) is 10.6. The summed E-state index contributed by atoms with van der Waals surface area (Å²) in [4.78, 5) is 23.0. The van der Waals surface area contributed by atoms with E-state index in [-0.39, 0.29) is 6.10 Å². The third kappa shape index (κ3) is 7.68. The van der Waals surface area contributed by atoms with Crippen LogP contribution in [0.25, 0.3) is 0 Å². The van der Waals surface area contributed by atoms with Gasteiger partial charge in [-0.25, -0.2) is 0 Å². The molecule has 2 unspecified atom stereocenters. The van der Waals surface area contributed by atoms with Crippen LogP contribution in [0, 0.1) is 5.92 Å². The fourth-order valence-electron chi connectivity index (χ4n) is 2.04. The molecule has 0 saturated carbocycles. The van der Waals surface area contributed by atoms with Crippen LogP contribution in [0.1, 0.15) is 46.0 Å². The lowest BCUT2D eigenvalue weighted by Gasteiger charge is -2.15. The van der Waals surface area contributed by atoms with E-state index < -0.39 is 17.9 Å². The summed E-state index contributed by atoms with van der Waals surface area (Å²) < 4.78 is 10.7. The Hall–Kier alpha value is -2.04. The van der Waals surface area contributed by atoms with E-state index in [2.05, 4.69) is 0 Å². The zero-order valence-electron chi connectivity index (χ0n) is 13.9. The highest BCUT2D eigenvalue weighted by atomic mass is 16.5. The van der Waals surface area contributed by atoms with E-state index in [0.717, 1.165) is 18.6 Å². The zero-order valence-corrected chi connectivity index (χ0v) is 13.9. The van der Waals surface area contributed by atoms with Gasteiger partial charge in [0.1, 0.15) is 5.75 Å². The molecule has 2 atom stereocenters. The Bertz CT molecular complexity index is 472. The molecule has 128 valence electrons. The van der Waals surface area contributed by atoms with E-state index >= 15 is 0 Å². The average Bonchev–Trinajstić information content (AvgIpc) is 2.54. The highest BCUT2D eigenvalue weighted by molar-refractivity contribution is 5.93. The molecule has 1 aromatic rings. The van der Waals surface area contributed by atoms with Gasteiger partial charge in [0.25, 0.3) is 0 Å². The van der Waals surface area contributed by atoms with E-state index in [1.54, 1.807) is 6.92 Å². The lowest BCUT2D eigenvalue weighted by Crippen LogP contribution is -2.28. The normalized spacial score (nSPS) is 13.1. The Morgan fingerprint density at radius 3 is 2.43 bits per heavy atom. The van der Waals surface area contributed by atoms with E-state index in [9.17, 15) is 9.59 Å². The van der Waals surface area contributed by atoms with Crippen LogP contribution in [0.2, 0.25) is 0 Å². The largest absolute Gasteiger partial charge is 0.494 e. The third-order valence-corrected chi connectivity index (χ3v) is 3.62. The number of aliphatic carboxylic acids is 1. The molecule has 0 bridgehead atoms. The van der Waals surface area contributed by atoms with Crippen LogP contribution >= 0.6 is 0 Å². The van der Waals surface area contributed by atoms with E-state index in [4.69, 9.17) is 14.6 Å². The molecule has 1 N–H and O–H groups in total. The standard InChI is InChI=1S/C18H26O5/c1-3-14(2)23-18(21)16(17(19)20)12-8-5-9-13-22-15-10-6-4-7-11-15/h4,6-7,10-11,14,16H,3,5,8-9,12-13H2,1-2H3,(H,19,20). The van der Waals surface area contributed by atoms with Crippen LogP contribution in [0.4, 0.5) is 0 Å². The molecule has 0 fully saturated rings. The van der Waals surface area contributed by atoms with Crippen LogP contribution in [0.15, 0.2) is 30.3 Å². The Morgan fingerprint density at radius 2 is 1.83 bits per heavy atom. The topological polar surface area (TPSA) is 72.8 Å². The van der Waals surface area contributed by atoms with Crippen molar-refractivity contribution >= 4 is 11.9 Å². The van der Waals surface area contributed by atoms with Gasteiger partial charge in [-0.15, -0.1) is 0 Å². The molecule has 0 aliphatic carbocycles. The number of unbranched alkanes of at least 4 members (excludes halogenated alkanes) is 2. The Labute approximate surface area is 137 Å². The van der Waals surface area contributed by atoms with Crippen LogP contribution in [0.3, 0.4) is 0 Å². The lowest BCUT2D eigenvalue weighted by atomic mass is 10.0. The number of carboxylic acid groups (broad SMARTS) is 1. The maximum atomic E-state index is 11.8. The van der Waals surface area contributed by atoms with Gasteiger partial charge in [-0.3, -0.25) is 9.59 Å². The molecule has 23 heavy (non-hydrogen) atoms.